The zero-order valence-corrected chi connectivity index (χ0v) is 11.2. The first-order valence-electron chi connectivity index (χ1n) is 6.41. The summed E-state index contributed by atoms with van der Waals surface area (Å²) in [6, 6.07) is 3.31. The summed E-state index contributed by atoms with van der Waals surface area (Å²) in [6.07, 6.45) is 1.89. The zero-order valence-electron chi connectivity index (χ0n) is 11.2. The van der Waals surface area contributed by atoms with Crippen molar-refractivity contribution in [2.45, 2.75) is 12.8 Å². The number of ether oxygens (including phenoxy) is 1. The number of carboxylic acid groups (broad SMARTS) is 1. The molecule has 21 heavy (non-hydrogen) atoms. The maximum absolute atomic E-state index is 11.8. The molecule has 2 rings (SSSR count). The lowest BCUT2D eigenvalue weighted by molar-refractivity contribution is -0.385. The third kappa shape index (κ3) is 3.47. The van der Waals surface area contributed by atoms with E-state index in [4.69, 9.17) is 9.84 Å². The smallest absolute Gasteiger partial charge is 0.335 e. The number of likely N-dealkylation sites (tertiary alicyclic amines) is 1. The lowest BCUT2D eigenvalue weighted by Crippen LogP contribution is -2.32. The Bertz CT molecular complexity index is 580. The molecule has 8 heteroatoms. The number of carbonyl (C=O) groups is 2. The monoisotopic (exact) mass is 294 g/mol. The third-order valence-corrected chi connectivity index (χ3v) is 3.21. The summed E-state index contributed by atoms with van der Waals surface area (Å²) in [5.41, 5.74) is -0.677. The van der Waals surface area contributed by atoms with Crippen LogP contribution in [-0.2, 0) is 4.79 Å². The number of rotatable bonds is 5. The molecule has 1 aromatic rings. The van der Waals surface area contributed by atoms with E-state index in [9.17, 15) is 19.7 Å². The minimum atomic E-state index is -1.27. The fourth-order valence-electron chi connectivity index (χ4n) is 2.11. The molecular formula is C13H14N2O6. The molecule has 0 unspecified atom stereocenters. The molecular weight excluding hydrogens is 280 g/mol. The van der Waals surface area contributed by atoms with Crippen molar-refractivity contribution in [3.63, 3.8) is 0 Å². The Balaban J connectivity index is 2.10. The minimum absolute atomic E-state index is 0.113. The van der Waals surface area contributed by atoms with Gasteiger partial charge in [0.05, 0.1) is 10.5 Å². The zero-order chi connectivity index (χ0) is 15.4. The second kappa shape index (κ2) is 6.21. The van der Waals surface area contributed by atoms with Crippen molar-refractivity contribution in [3.8, 4) is 5.75 Å². The normalized spacial score (nSPS) is 14.0. The Morgan fingerprint density at radius 3 is 2.57 bits per heavy atom. The van der Waals surface area contributed by atoms with Crippen molar-refractivity contribution in [1.82, 2.24) is 4.90 Å². The Kier molecular flexibility index (Phi) is 4.36. The topological polar surface area (TPSA) is 110 Å². The van der Waals surface area contributed by atoms with Crippen LogP contribution in [0.5, 0.6) is 5.75 Å². The van der Waals surface area contributed by atoms with Gasteiger partial charge in [0.2, 0.25) is 0 Å². The van der Waals surface area contributed by atoms with Crippen molar-refractivity contribution >= 4 is 17.6 Å². The first-order valence-corrected chi connectivity index (χ1v) is 6.41. The van der Waals surface area contributed by atoms with E-state index in [1.807, 2.05) is 0 Å². The van der Waals surface area contributed by atoms with Crippen LogP contribution in [0.2, 0.25) is 0 Å². The Morgan fingerprint density at radius 1 is 1.33 bits per heavy atom. The molecule has 0 aliphatic carbocycles. The Labute approximate surface area is 120 Å². The molecule has 8 nitrogen and oxygen atoms in total. The second-order valence-corrected chi connectivity index (χ2v) is 4.62. The quantitative estimate of drug-likeness (QED) is 0.647. The van der Waals surface area contributed by atoms with Gasteiger partial charge in [-0.3, -0.25) is 14.9 Å². The van der Waals surface area contributed by atoms with Gasteiger partial charge in [0, 0.05) is 19.2 Å². The van der Waals surface area contributed by atoms with Crippen LogP contribution in [-0.4, -0.2) is 46.5 Å². The molecule has 1 aliphatic rings. The number of carbonyl (C=O) groups excluding carboxylic acids is 1. The van der Waals surface area contributed by atoms with Crippen LogP contribution in [0.4, 0.5) is 5.69 Å². The van der Waals surface area contributed by atoms with Gasteiger partial charge in [-0.15, -0.1) is 0 Å². The van der Waals surface area contributed by atoms with Crippen molar-refractivity contribution in [2.24, 2.45) is 0 Å². The molecule has 0 spiro atoms. The average Bonchev–Trinajstić information content (AvgIpc) is 2.98. The highest BCUT2D eigenvalue weighted by Gasteiger charge is 2.22. The van der Waals surface area contributed by atoms with Gasteiger partial charge in [0.25, 0.3) is 5.91 Å². The standard InChI is InChI=1S/C13H14N2O6/c16-12(14-5-1-2-6-14)8-21-11-4-3-9(13(17)18)7-10(11)15(19)20/h3-4,7H,1-2,5-6,8H2,(H,17,18). The number of hydrogen-bond acceptors (Lipinski definition) is 5. The summed E-state index contributed by atoms with van der Waals surface area (Å²) in [7, 11) is 0. The van der Waals surface area contributed by atoms with E-state index >= 15 is 0 Å². The summed E-state index contributed by atoms with van der Waals surface area (Å²) in [4.78, 5) is 34.5. The van der Waals surface area contributed by atoms with Crippen LogP contribution in [0.15, 0.2) is 18.2 Å². The summed E-state index contributed by atoms with van der Waals surface area (Å²) in [6.45, 7) is 1.04. The Morgan fingerprint density at radius 2 is 2.00 bits per heavy atom. The molecule has 0 bridgehead atoms. The van der Waals surface area contributed by atoms with Crippen LogP contribution < -0.4 is 4.74 Å². The lowest BCUT2D eigenvalue weighted by Gasteiger charge is -2.15. The first kappa shape index (κ1) is 14.8. The number of nitrogens with zero attached hydrogens (tertiary/aromatic N) is 2. The van der Waals surface area contributed by atoms with Gasteiger partial charge in [-0.05, 0) is 25.0 Å². The molecule has 1 aliphatic heterocycles. The van der Waals surface area contributed by atoms with E-state index in [0.717, 1.165) is 18.9 Å². The molecule has 0 atom stereocenters. The predicted octanol–water partition coefficient (Wildman–Crippen LogP) is 1.29. The van der Waals surface area contributed by atoms with Crippen LogP contribution in [0.1, 0.15) is 23.2 Å². The van der Waals surface area contributed by atoms with Gasteiger partial charge in [0.15, 0.2) is 12.4 Å². The summed E-state index contributed by atoms with van der Waals surface area (Å²) in [5.74, 6) is -1.61. The molecule has 1 aromatic carbocycles. The van der Waals surface area contributed by atoms with Crippen molar-refractivity contribution in [3.05, 3.63) is 33.9 Å². The van der Waals surface area contributed by atoms with Crippen molar-refractivity contribution in [1.29, 1.82) is 0 Å². The predicted molar refractivity (Wildman–Crippen MR) is 71.4 cm³/mol. The third-order valence-electron chi connectivity index (χ3n) is 3.21. The number of nitro benzene ring substituents is 1. The SMILES string of the molecule is O=C(O)c1ccc(OCC(=O)N2CCCC2)c([N+](=O)[O-])c1. The van der Waals surface area contributed by atoms with E-state index in [0.29, 0.717) is 13.1 Å². The summed E-state index contributed by atoms with van der Waals surface area (Å²) >= 11 is 0. The van der Waals surface area contributed by atoms with Crippen LogP contribution in [0.3, 0.4) is 0 Å². The maximum atomic E-state index is 11.8. The fourth-order valence-corrected chi connectivity index (χ4v) is 2.11. The molecule has 0 saturated carbocycles. The number of hydrogen-bond donors (Lipinski definition) is 1. The molecule has 0 aromatic heterocycles. The molecule has 1 heterocycles. The lowest BCUT2D eigenvalue weighted by atomic mass is 10.2. The van der Waals surface area contributed by atoms with E-state index in [2.05, 4.69) is 0 Å². The molecule has 1 saturated heterocycles. The van der Waals surface area contributed by atoms with Gasteiger partial charge in [0.1, 0.15) is 0 Å². The van der Waals surface area contributed by atoms with Crippen molar-refractivity contribution < 1.29 is 24.4 Å². The van der Waals surface area contributed by atoms with Gasteiger partial charge >= 0.3 is 11.7 Å². The number of aromatic carboxylic acids is 1. The van der Waals surface area contributed by atoms with E-state index in [1.54, 1.807) is 4.90 Å². The van der Waals surface area contributed by atoms with Gasteiger partial charge in [-0.1, -0.05) is 0 Å². The number of amides is 1. The van der Waals surface area contributed by atoms with Crippen LogP contribution >= 0.6 is 0 Å². The first-order chi connectivity index (χ1) is 9.99. The highest BCUT2D eigenvalue weighted by molar-refractivity contribution is 5.89. The molecule has 0 radical (unpaired) electrons. The van der Waals surface area contributed by atoms with Crippen molar-refractivity contribution in [2.75, 3.05) is 19.7 Å². The average molecular weight is 294 g/mol. The van der Waals surface area contributed by atoms with Crippen LogP contribution in [0.25, 0.3) is 0 Å². The molecule has 1 fully saturated rings. The highest BCUT2D eigenvalue weighted by atomic mass is 16.6. The minimum Gasteiger partial charge on any atom is -0.478 e. The van der Waals surface area contributed by atoms with E-state index in [1.165, 1.54) is 12.1 Å². The second-order valence-electron chi connectivity index (χ2n) is 4.62. The number of nitro groups is 1. The number of benzene rings is 1. The van der Waals surface area contributed by atoms with E-state index in [-0.39, 0.29) is 23.8 Å². The molecule has 112 valence electrons. The number of carboxylic acids is 1. The van der Waals surface area contributed by atoms with Gasteiger partial charge in [-0.2, -0.15) is 0 Å². The van der Waals surface area contributed by atoms with Crippen LogP contribution in [0, 0.1) is 10.1 Å². The molecule has 1 amide bonds. The largest absolute Gasteiger partial charge is 0.478 e. The van der Waals surface area contributed by atoms with Gasteiger partial charge < -0.3 is 14.7 Å². The summed E-state index contributed by atoms with van der Waals surface area (Å²) in [5, 5.41) is 19.8. The van der Waals surface area contributed by atoms with Gasteiger partial charge in [-0.25, -0.2) is 4.79 Å². The fraction of sp³-hybridized carbons (Fsp3) is 0.385. The Hall–Kier alpha value is -2.64. The summed E-state index contributed by atoms with van der Waals surface area (Å²) < 4.78 is 5.18. The maximum Gasteiger partial charge on any atom is 0.335 e. The molecule has 1 N–H and O–H groups in total. The van der Waals surface area contributed by atoms with E-state index < -0.39 is 16.6 Å². The highest BCUT2D eigenvalue weighted by Crippen LogP contribution is 2.28.